The van der Waals surface area contributed by atoms with Crippen LogP contribution in [0.15, 0.2) is 42.2 Å². The average Bonchev–Trinajstić information content (AvgIpc) is 2.35. The zero-order chi connectivity index (χ0) is 13.4. The molecule has 98 valence electrons. The van der Waals surface area contributed by atoms with Crippen molar-refractivity contribution in [3.05, 3.63) is 42.2 Å². The third-order valence-electron chi connectivity index (χ3n) is 2.12. The van der Waals surface area contributed by atoms with Crippen LogP contribution in [0.5, 0.6) is 5.75 Å². The Morgan fingerprint density at radius 3 is 2.56 bits per heavy atom. The molecule has 1 aromatic carbocycles. The van der Waals surface area contributed by atoms with Gasteiger partial charge in [-0.1, -0.05) is 18.2 Å². The molecule has 0 aliphatic rings. The van der Waals surface area contributed by atoms with Crippen LogP contribution in [0.4, 0.5) is 0 Å². The summed E-state index contributed by atoms with van der Waals surface area (Å²) in [6, 6.07) is 9.34. The molecule has 1 rings (SSSR count). The van der Waals surface area contributed by atoms with Crippen molar-refractivity contribution in [1.82, 2.24) is 4.90 Å². The summed E-state index contributed by atoms with van der Waals surface area (Å²) in [7, 11) is 3.50. The molecule has 0 aliphatic heterocycles. The summed E-state index contributed by atoms with van der Waals surface area (Å²) in [5.41, 5.74) is 5.57. The van der Waals surface area contributed by atoms with E-state index in [9.17, 15) is 4.79 Å². The number of carbonyl (C=O) groups excluding carboxylic acids is 1. The number of rotatable bonds is 6. The Morgan fingerprint density at radius 2 is 1.94 bits per heavy atom. The number of nitrogens with two attached hydrogens (primary N) is 1. The highest BCUT2D eigenvalue weighted by Crippen LogP contribution is 2.07. The second-order valence-corrected chi connectivity index (χ2v) is 3.79. The first kappa shape index (κ1) is 13.9. The fourth-order valence-corrected chi connectivity index (χ4v) is 1.11. The number of benzene rings is 1. The first-order valence-corrected chi connectivity index (χ1v) is 5.58. The van der Waals surface area contributed by atoms with Gasteiger partial charge in [-0.05, 0) is 12.1 Å². The summed E-state index contributed by atoms with van der Waals surface area (Å²) < 4.78 is 10.3. The molecule has 0 bridgehead atoms. The van der Waals surface area contributed by atoms with Crippen LogP contribution in [-0.4, -0.2) is 38.2 Å². The average molecular weight is 250 g/mol. The van der Waals surface area contributed by atoms with Gasteiger partial charge in [0.25, 0.3) is 0 Å². The van der Waals surface area contributed by atoms with Crippen LogP contribution in [0.2, 0.25) is 0 Å². The number of ether oxygens (including phenoxy) is 2. The van der Waals surface area contributed by atoms with Gasteiger partial charge in [0.1, 0.15) is 24.8 Å². The highest BCUT2D eigenvalue weighted by molar-refractivity contribution is 5.82. The van der Waals surface area contributed by atoms with E-state index in [1.54, 1.807) is 19.0 Å². The van der Waals surface area contributed by atoms with Crippen LogP contribution in [-0.2, 0) is 9.53 Å². The molecule has 0 aliphatic carbocycles. The molecule has 0 aromatic heterocycles. The van der Waals surface area contributed by atoms with Gasteiger partial charge < -0.3 is 20.1 Å². The highest BCUT2D eigenvalue weighted by atomic mass is 16.6. The molecule has 0 atom stereocenters. The first-order valence-electron chi connectivity index (χ1n) is 5.58. The summed E-state index contributed by atoms with van der Waals surface area (Å²) in [6.07, 6.45) is 1.24. The molecule has 0 saturated carbocycles. The van der Waals surface area contributed by atoms with Crippen molar-refractivity contribution in [2.45, 2.75) is 0 Å². The lowest BCUT2D eigenvalue weighted by atomic mass is 10.3. The second kappa shape index (κ2) is 7.21. The van der Waals surface area contributed by atoms with Gasteiger partial charge in [0, 0.05) is 14.1 Å². The van der Waals surface area contributed by atoms with E-state index in [0.29, 0.717) is 12.4 Å². The lowest BCUT2D eigenvalue weighted by molar-refractivity contribution is -0.138. The quantitative estimate of drug-likeness (QED) is 0.463. The molecule has 5 heteroatoms. The molecule has 18 heavy (non-hydrogen) atoms. The molecule has 5 nitrogen and oxygen atoms in total. The molecule has 0 unspecified atom stereocenters. The SMILES string of the molecule is CN(C)/C(N)=C\C(=O)OCCOc1ccccc1. The standard InChI is InChI=1S/C13H18N2O3/c1-15(2)12(14)10-13(16)18-9-8-17-11-6-4-3-5-7-11/h3-7,10H,8-9,14H2,1-2H3/b12-10-. The van der Waals surface area contributed by atoms with Gasteiger partial charge in [-0.25, -0.2) is 4.79 Å². The summed E-state index contributed by atoms with van der Waals surface area (Å²) in [5, 5.41) is 0. The number of carbonyl (C=O) groups is 1. The smallest absolute Gasteiger partial charge is 0.334 e. The predicted molar refractivity (Wildman–Crippen MR) is 68.9 cm³/mol. The summed E-state index contributed by atoms with van der Waals surface area (Å²) in [5.74, 6) is 0.624. The van der Waals surface area contributed by atoms with Crippen LogP contribution in [0.3, 0.4) is 0 Å². The van der Waals surface area contributed by atoms with Gasteiger partial charge in [-0.3, -0.25) is 0 Å². The Hall–Kier alpha value is -2.17. The summed E-state index contributed by atoms with van der Waals surface area (Å²) in [6.45, 7) is 0.496. The lowest BCUT2D eigenvalue weighted by Crippen LogP contribution is -2.21. The monoisotopic (exact) mass is 250 g/mol. The molecule has 0 heterocycles. The van der Waals surface area contributed by atoms with Crippen molar-refractivity contribution < 1.29 is 14.3 Å². The minimum absolute atomic E-state index is 0.185. The molecule has 1 aromatic rings. The van der Waals surface area contributed by atoms with Crippen LogP contribution in [0.25, 0.3) is 0 Å². The van der Waals surface area contributed by atoms with E-state index in [4.69, 9.17) is 15.2 Å². The maximum Gasteiger partial charge on any atom is 0.334 e. The van der Waals surface area contributed by atoms with E-state index in [1.165, 1.54) is 6.08 Å². The van der Waals surface area contributed by atoms with E-state index in [2.05, 4.69) is 0 Å². The third kappa shape index (κ3) is 5.25. The highest BCUT2D eigenvalue weighted by Gasteiger charge is 2.01. The van der Waals surface area contributed by atoms with E-state index in [1.807, 2.05) is 30.3 Å². The number of esters is 1. The fraction of sp³-hybridized carbons (Fsp3) is 0.308. The van der Waals surface area contributed by atoms with Gasteiger partial charge in [0.05, 0.1) is 6.08 Å². The van der Waals surface area contributed by atoms with Crippen molar-refractivity contribution in [1.29, 1.82) is 0 Å². The topological polar surface area (TPSA) is 64.8 Å². The van der Waals surface area contributed by atoms with E-state index in [-0.39, 0.29) is 6.61 Å². The van der Waals surface area contributed by atoms with Crippen molar-refractivity contribution in [3.8, 4) is 5.75 Å². The molecule has 0 spiro atoms. The molecule has 0 amide bonds. The minimum atomic E-state index is -0.474. The van der Waals surface area contributed by atoms with Crippen LogP contribution < -0.4 is 10.5 Å². The van der Waals surface area contributed by atoms with Gasteiger partial charge in [0.15, 0.2) is 0 Å². The van der Waals surface area contributed by atoms with Crippen molar-refractivity contribution in [3.63, 3.8) is 0 Å². The Bertz CT molecular complexity index is 402. The first-order chi connectivity index (χ1) is 8.59. The van der Waals surface area contributed by atoms with E-state index in [0.717, 1.165) is 5.75 Å². The third-order valence-corrected chi connectivity index (χ3v) is 2.12. The van der Waals surface area contributed by atoms with Crippen molar-refractivity contribution in [2.75, 3.05) is 27.3 Å². The summed E-state index contributed by atoms with van der Waals surface area (Å²) >= 11 is 0. The number of nitrogens with zero attached hydrogens (tertiary/aromatic N) is 1. The number of hydrogen-bond donors (Lipinski definition) is 1. The largest absolute Gasteiger partial charge is 0.490 e. The zero-order valence-electron chi connectivity index (χ0n) is 10.6. The molecular formula is C13H18N2O3. The van der Waals surface area contributed by atoms with E-state index >= 15 is 0 Å². The van der Waals surface area contributed by atoms with Crippen LogP contribution in [0.1, 0.15) is 0 Å². The second-order valence-electron chi connectivity index (χ2n) is 3.79. The molecule has 0 fully saturated rings. The Morgan fingerprint density at radius 1 is 1.28 bits per heavy atom. The van der Waals surface area contributed by atoms with Gasteiger partial charge >= 0.3 is 5.97 Å². The van der Waals surface area contributed by atoms with Crippen LogP contribution >= 0.6 is 0 Å². The Kier molecular flexibility index (Phi) is 5.57. The maximum absolute atomic E-state index is 11.3. The maximum atomic E-state index is 11.3. The van der Waals surface area contributed by atoms with Crippen molar-refractivity contribution in [2.24, 2.45) is 5.73 Å². The zero-order valence-corrected chi connectivity index (χ0v) is 10.6. The van der Waals surface area contributed by atoms with Gasteiger partial charge in [-0.2, -0.15) is 0 Å². The minimum Gasteiger partial charge on any atom is -0.490 e. The van der Waals surface area contributed by atoms with Gasteiger partial charge in [0.2, 0.25) is 0 Å². The Labute approximate surface area is 107 Å². The molecule has 0 saturated heterocycles. The van der Waals surface area contributed by atoms with Crippen molar-refractivity contribution >= 4 is 5.97 Å². The Balaban J connectivity index is 2.22. The lowest BCUT2D eigenvalue weighted by Gasteiger charge is -2.11. The fourth-order valence-electron chi connectivity index (χ4n) is 1.11. The number of para-hydroxylation sites is 1. The molecular weight excluding hydrogens is 232 g/mol. The molecule has 2 N–H and O–H groups in total. The predicted octanol–water partition coefficient (Wildman–Crippen LogP) is 0.970. The normalized spacial score (nSPS) is 10.9. The van der Waals surface area contributed by atoms with Gasteiger partial charge in [-0.15, -0.1) is 0 Å². The van der Waals surface area contributed by atoms with Crippen LogP contribution in [0, 0.1) is 0 Å². The molecule has 0 radical (unpaired) electrons. The van der Waals surface area contributed by atoms with E-state index < -0.39 is 5.97 Å². The summed E-state index contributed by atoms with van der Waals surface area (Å²) in [4.78, 5) is 12.9. The number of hydrogen-bond acceptors (Lipinski definition) is 5.